The van der Waals surface area contributed by atoms with Crippen LogP contribution in [0.1, 0.15) is 59.6 Å². The summed E-state index contributed by atoms with van der Waals surface area (Å²) in [6, 6.07) is 15.2. The molecule has 1 aromatic heterocycles. The van der Waals surface area contributed by atoms with E-state index in [1.54, 1.807) is 6.07 Å². The third-order valence-corrected chi connectivity index (χ3v) is 6.42. The molecule has 0 aliphatic heterocycles. The molecule has 2 nitrogen and oxygen atoms in total. The first-order valence-electron chi connectivity index (χ1n) is 10.1. The Balaban J connectivity index is 2.17. The summed E-state index contributed by atoms with van der Waals surface area (Å²) in [7, 11) is 0. The highest BCUT2D eigenvalue weighted by molar-refractivity contribution is 7.17. The highest BCUT2D eigenvalue weighted by atomic mass is 32.1. The molecule has 3 aromatic rings. The van der Waals surface area contributed by atoms with E-state index in [9.17, 15) is 9.90 Å². The van der Waals surface area contributed by atoms with Crippen molar-refractivity contribution in [3.8, 4) is 21.6 Å². The van der Waals surface area contributed by atoms with Crippen molar-refractivity contribution >= 4 is 17.3 Å². The lowest BCUT2D eigenvalue weighted by Gasteiger charge is -2.16. The number of carbonyl (C=O) groups is 1. The molecule has 0 saturated carbocycles. The zero-order valence-electron chi connectivity index (χ0n) is 17.1. The number of thiophene rings is 1. The molecule has 0 amide bonds. The lowest BCUT2D eigenvalue weighted by atomic mass is 9.89. The second-order valence-corrected chi connectivity index (χ2v) is 8.17. The minimum Gasteiger partial charge on any atom is -0.477 e. The molecule has 146 valence electrons. The average molecular weight is 393 g/mol. The molecule has 0 spiro atoms. The van der Waals surface area contributed by atoms with Crippen LogP contribution < -0.4 is 0 Å². The van der Waals surface area contributed by atoms with Crippen LogP contribution in [0.4, 0.5) is 0 Å². The molecular formula is C25H28O2S. The van der Waals surface area contributed by atoms with E-state index in [2.05, 4.69) is 58.0 Å². The van der Waals surface area contributed by atoms with Gasteiger partial charge >= 0.3 is 5.97 Å². The first kappa shape index (κ1) is 20.3. The molecule has 3 heteroatoms. The van der Waals surface area contributed by atoms with Gasteiger partial charge in [-0.05, 0) is 76.8 Å². The van der Waals surface area contributed by atoms with Crippen molar-refractivity contribution in [2.45, 2.75) is 53.4 Å². The summed E-state index contributed by atoms with van der Waals surface area (Å²) in [4.78, 5) is 12.8. The van der Waals surface area contributed by atoms with Gasteiger partial charge in [0.15, 0.2) is 0 Å². The van der Waals surface area contributed by atoms with E-state index >= 15 is 0 Å². The molecule has 1 heterocycles. The third-order valence-electron chi connectivity index (χ3n) is 5.33. The van der Waals surface area contributed by atoms with Crippen LogP contribution in [-0.4, -0.2) is 11.1 Å². The minimum atomic E-state index is -0.854. The maximum atomic E-state index is 11.3. The predicted octanol–water partition coefficient (Wildman–Crippen LogP) is 7.03. The molecule has 0 aliphatic carbocycles. The molecule has 0 radical (unpaired) electrons. The Kier molecular flexibility index (Phi) is 6.35. The topological polar surface area (TPSA) is 37.3 Å². The zero-order chi connectivity index (χ0) is 20.3. The van der Waals surface area contributed by atoms with Gasteiger partial charge in [0.2, 0.25) is 0 Å². The number of benzene rings is 2. The van der Waals surface area contributed by atoms with Gasteiger partial charge in [-0.2, -0.15) is 0 Å². The van der Waals surface area contributed by atoms with Crippen molar-refractivity contribution in [3.05, 3.63) is 69.6 Å². The summed E-state index contributed by atoms with van der Waals surface area (Å²) >= 11 is 1.37. The Bertz CT molecular complexity index is 950. The van der Waals surface area contributed by atoms with Gasteiger partial charge in [-0.15, -0.1) is 11.3 Å². The zero-order valence-corrected chi connectivity index (χ0v) is 18.0. The molecular weight excluding hydrogens is 364 g/mol. The summed E-state index contributed by atoms with van der Waals surface area (Å²) in [6.07, 6.45) is 3.91. The standard InChI is InChI=1S/C25H28O2S/c1-5-16-11-17(6-2)13-20(12-16)21-14-18(7-3)24(19(8-4)15-21)22-9-10-23(28-22)25(26)27/h9-15H,5-8H2,1-4H3,(H,26,27). The van der Waals surface area contributed by atoms with Crippen LogP contribution in [0.15, 0.2) is 42.5 Å². The summed E-state index contributed by atoms with van der Waals surface area (Å²) in [5.74, 6) is -0.854. The van der Waals surface area contributed by atoms with Gasteiger partial charge in [-0.25, -0.2) is 4.79 Å². The Labute approximate surface area is 171 Å². The predicted molar refractivity (Wildman–Crippen MR) is 120 cm³/mol. The molecule has 0 aliphatic rings. The van der Waals surface area contributed by atoms with Gasteiger partial charge in [0, 0.05) is 4.88 Å². The number of hydrogen-bond acceptors (Lipinski definition) is 2. The SMILES string of the molecule is CCc1cc(CC)cc(-c2cc(CC)c(-c3ccc(C(=O)O)s3)c(CC)c2)c1. The highest BCUT2D eigenvalue weighted by Crippen LogP contribution is 2.37. The number of hydrogen-bond donors (Lipinski definition) is 1. The monoisotopic (exact) mass is 392 g/mol. The molecule has 2 aromatic carbocycles. The number of aromatic carboxylic acids is 1. The highest BCUT2D eigenvalue weighted by Gasteiger charge is 2.16. The van der Waals surface area contributed by atoms with E-state index in [1.807, 2.05) is 6.07 Å². The first-order chi connectivity index (χ1) is 13.5. The van der Waals surface area contributed by atoms with Crippen LogP contribution >= 0.6 is 11.3 Å². The molecule has 0 fully saturated rings. The Morgan fingerprint density at radius 3 is 1.75 bits per heavy atom. The van der Waals surface area contributed by atoms with Crippen LogP contribution in [-0.2, 0) is 25.7 Å². The minimum absolute atomic E-state index is 0.395. The number of carboxylic acids is 1. The Morgan fingerprint density at radius 2 is 1.32 bits per heavy atom. The largest absolute Gasteiger partial charge is 0.477 e. The van der Waals surface area contributed by atoms with Crippen molar-refractivity contribution in [2.24, 2.45) is 0 Å². The van der Waals surface area contributed by atoms with Crippen LogP contribution in [0, 0.1) is 0 Å². The summed E-state index contributed by atoms with van der Waals surface area (Å²) in [6.45, 7) is 8.75. The third kappa shape index (κ3) is 4.05. The maximum absolute atomic E-state index is 11.3. The molecule has 1 N–H and O–H groups in total. The van der Waals surface area contributed by atoms with Gasteiger partial charge in [-0.1, -0.05) is 58.0 Å². The van der Waals surface area contributed by atoms with Crippen molar-refractivity contribution in [2.75, 3.05) is 0 Å². The van der Waals surface area contributed by atoms with Crippen molar-refractivity contribution in [1.29, 1.82) is 0 Å². The molecule has 0 bridgehead atoms. The molecule has 28 heavy (non-hydrogen) atoms. The fourth-order valence-corrected chi connectivity index (χ4v) is 4.69. The molecule has 0 atom stereocenters. The smallest absolute Gasteiger partial charge is 0.345 e. The van der Waals surface area contributed by atoms with Crippen LogP contribution in [0.5, 0.6) is 0 Å². The van der Waals surface area contributed by atoms with Crippen LogP contribution in [0.2, 0.25) is 0 Å². The molecule has 0 saturated heterocycles. The van der Waals surface area contributed by atoms with Gasteiger partial charge in [0.05, 0.1) is 0 Å². The van der Waals surface area contributed by atoms with Crippen molar-refractivity contribution < 1.29 is 9.90 Å². The number of rotatable bonds is 7. The summed E-state index contributed by atoms with van der Waals surface area (Å²) in [5.41, 5.74) is 9.08. The molecule has 3 rings (SSSR count). The summed E-state index contributed by atoms with van der Waals surface area (Å²) in [5, 5.41) is 9.30. The lowest BCUT2D eigenvalue weighted by molar-refractivity contribution is 0.0702. The Morgan fingerprint density at radius 1 is 0.786 bits per heavy atom. The second kappa shape index (κ2) is 8.74. The lowest BCUT2D eigenvalue weighted by Crippen LogP contribution is -1.96. The number of carboxylic acid groups (broad SMARTS) is 1. The van der Waals surface area contributed by atoms with Gasteiger partial charge in [0.25, 0.3) is 0 Å². The normalized spacial score (nSPS) is 11.0. The van der Waals surface area contributed by atoms with E-state index in [0.717, 1.165) is 30.6 Å². The van der Waals surface area contributed by atoms with Gasteiger partial charge < -0.3 is 5.11 Å². The number of aryl methyl sites for hydroxylation is 4. The van der Waals surface area contributed by atoms with E-state index in [1.165, 1.54) is 50.3 Å². The average Bonchev–Trinajstić information content (AvgIpc) is 3.22. The van der Waals surface area contributed by atoms with Crippen molar-refractivity contribution in [1.82, 2.24) is 0 Å². The van der Waals surface area contributed by atoms with Crippen molar-refractivity contribution in [3.63, 3.8) is 0 Å². The van der Waals surface area contributed by atoms with Gasteiger partial charge in [0.1, 0.15) is 4.88 Å². The van der Waals surface area contributed by atoms with Gasteiger partial charge in [-0.3, -0.25) is 0 Å². The first-order valence-corrected chi connectivity index (χ1v) is 10.9. The van der Waals surface area contributed by atoms with E-state index < -0.39 is 5.97 Å². The van der Waals surface area contributed by atoms with E-state index in [0.29, 0.717) is 4.88 Å². The maximum Gasteiger partial charge on any atom is 0.345 e. The Hall–Kier alpha value is -2.39. The van der Waals surface area contributed by atoms with E-state index in [4.69, 9.17) is 0 Å². The quantitative estimate of drug-likeness (QED) is 0.468. The molecule has 0 unspecified atom stereocenters. The fourth-order valence-electron chi connectivity index (χ4n) is 3.73. The van der Waals surface area contributed by atoms with E-state index in [-0.39, 0.29) is 0 Å². The fraction of sp³-hybridized carbons (Fsp3) is 0.320. The second-order valence-electron chi connectivity index (χ2n) is 7.09. The van der Waals surface area contributed by atoms with Crippen LogP contribution in [0.25, 0.3) is 21.6 Å². The summed E-state index contributed by atoms with van der Waals surface area (Å²) < 4.78 is 0. The van der Waals surface area contributed by atoms with Crippen LogP contribution in [0.3, 0.4) is 0 Å².